The summed E-state index contributed by atoms with van der Waals surface area (Å²) in [4.78, 5) is 19.6. The van der Waals surface area contributed by atoms with E-state index in [0.717, 1.165) is 43.6 Å². The van der Waals surface area contributed by atoms with Gasteiger partial charge in [0.15, 0.2) is 5.82 Å². The van der Waals surface area contributed by atoms with Crippen LogP contribution >= 0.6 is 11.3 Å². The number of likely N-dealkylation sites (tertiary alicyclic amines) is 1. The van der Waals surface area contributed by atoms with Gasteiger partial charge in [-0.2, -0.15) is 4.98 Å². The molecule has 0 N–H and O–H groups in total. The Kier molecular flexibility index (Phi) is 4.43. The molecule has 0 aromatic carbocycles. The Hall–Kier alpha value is -1.99. The lowest BCUT2D eigenvalue weighted by Crippen LogP contribution is -2.46. The number of piperidine rings is 1. The number of rotatable bonds is 3. The van der Waals surface area contributed by atoms with Crippen molar-refractivity contribution in [3.05, 3.63) is 40.2 Å². The minimum atomic E-state index is -0.152. The van der Waals surface area contributed by atoms with Crippen LogP contribution < -0.4 is 0 Å². The number of hydrogen-bond acceptors (Lipinski definition) is 6. The van der Waals surface area contributed by atoms with Gasteiger partial charge in [-0.3, -0.25) is 4.79 Å². The molecule has 4 rings (SSSR count). The molecule has 1 spiro atoms. The summed E-state index contributed by atoms with van der Waals surface area (Å²) in [6, 6.07) is 3.99. The Labute approximate surface area is 150 Å². The fourth-order valence-electron chi connectivity index (χ4n) is 3.58. The third kappa shape index (κ3) is 3.52. The number of ether oxygens (including phenoxy) is 1. The number of aryl methyl sites for hydroxylation is 1. The summed E-state index contributed by atoms with van der Waals surface area (Å²) in [5, 5.41) is 5.85. The second-order valence-electron chi connectivity index (χ2n) is 6.68. The first-order valence-electron chi connectivity index (χ1n) is 8.62. The van der Waals surface area contributed by atoms with Gasteiger partial charge in [0.2, 0.25) is 5.91 Å². The van der Waals surface area contributed by atoms with Crippen LogP contribution in [0.15, 0.2) is 28.1 Å². The molecular formula is C18H21N3O3S. The van der Waals surface area contributed by atoms with E-state index in [9.17, 15) is 4.79 Å². The monoisotopic (exact) mass is 359 g/mol. The van der Waals surface area contributed by atoms with Gasteiger partial charge in [0.25, 0.3) is 5.89 Å². The number of carbonyl (C=O) groups excluding carboxylic acids is 1. The van der Waals surface area contributed by atoms with E-state index in [1.54, 1.807) is 17.4 Å². The summed E-state index contributed by atoms with van der Waals surface area (Å²) < 4.78 is 11.5. The average Bonchev–Trinajstić information content (AvgIpc) is 3.35. The molecule has 0 radical (unpaired) electrons. The molecule has 2 aliphatic heterocycles. The van der Waals surface area contributed by atoms with Crippen LogP contribution in [0.4, 0.5) is 0 Å². The Morgan fingerprint density at radius 1 is 1.40 bits per heavy atom. The molecule has 2 aromatic heterocycles. The molecule has 1 atom stereocenters. The minimum absolute atomic E-state index is 0.0744. The third-order valence-corrected chi connectivity index (χ3v) is 5.83. The number of carbonyl (C=O) groups is 1. The first kappa shape index (κ1) is 16.5. The summed E-state index contributed by atoms with van der Waals surface area (Å²) >= 11 is 1.63. The topological polar surface area (TPSA) is 68.5 Å². The molecule has 0 aliphatic carbocycles. The van der Waals surface area contributed by atoms with Crippen LogP contribution in [0.2, 0.25) is 0 Å². The molecule has 4 heterocycles. The number of thiophene rings is 1. The molecule has 132 valence electrons. The predicted molar refractivity (Wildman–Crippen MR) is 94.0 cm³/mol. The molecule has 1 amide bonds. The van der Waals surface area contributed by atoms with E-state index in [1.807, 2.05) is 35.4 Å². The predicted octanol–water partition coefficient (Wildman–Crippen LogP) is 3.37. The van der Waals surface area contributed by atoms with E-state index in [2.05, 4.69) is 10.1 Å². The minimum Gasteiger partial charge on any atom is -0.362 e. The Bertz CT molecular complexity index is 760. The zero-order chi connectivity index (χ0) is 17.3. The standard InChI is InChI=1S/C18H21N3O3S/c1-13-19-17(24-20-13)15-6-7-18(23-15)8-10-21(11-9-18)16(22)5-4-14-3-2-12-25-14/h2-5,12,15H,6-11H2,1H3/b5-4+. The lowest BCUT2D eigenvalue weighted by Gasteiger charge is -2.38. The van der Waals surface area contributed by atoms with Gasteiger partial charge in [-0.25, -0.2) is 0 Å². The summed E-state index contributed by atoms with van der Waals surface area (Å²) in [7, 11) is 0. The number of amides is 1. The van der Waals surface area contributed by atoms with Gasteiger partial charge in [0, 0.05) is 24.0 Å². The summed E-state index contributed by atoms with van der Waals surface area (Å²) in [6.07, 6.45) is 7.03. The maximum atomic E-state index is 12.4. The maximum absolute atomic E-state index is 12.4. The normalized spacial score (nSPS) is 22.9. The molecule has 25 heavy (non-hydrogen) atoms. The third-order valence-electron chi connectivity index (χ3n) is 4.99. The van der Waals surface area contributed by atoms with Crippen molar-refractivity contribution in [3.8, 4) is 0 Å². The van der Waals surface area contributed by atoms with Crippen molar-refractivity contribution in [1.82, 2.24) is 15.0 Å². The fourth-order valence-corrected chi connectivity index (χ4v) is 4.20. The molecule has 2 saturated heterocycles. The van der Waals surface area contributed by atoms with E-state index in [4.69, 9.17) is 9.26 Å². The largest absolute Gasteiger partial charge is 0.362 e. The Morgan fingerprint density at radius 2 is 2.24 bits per heavy atom. The highest BCUT2D eigenvalue weighted by Gasteiger charge is 2.45. The molecule has 2 aliphatic rings. The lowest BCUT2D eigenvalue weighted by molar-refractivity contribution is -0.133. The van der Waals surface area contributed by atoms with Crippen molar-refractivity contribution in [1.29, 1.82) is 0 Å². The van der Waals surface area contributed by atoms with Gasteiger partial charge < -0.3 is 14.2 Å². The zero-order valence-electron chi connectivity index (χ0n) is 14.2. The Morgan fingerprint density at radius 3 is 2.92 bits per heavy atom. The second kappa shape index (κ2) is 6.72. The smallest absolute Gasteiger partial charge is 0.255 e. The van der Waals surface area contributed by atoms with Crippen LogP contribution in [-0.2, 0) is 9.53 Å². The van der Waals surface area contributed by atoms with Gasteiger partial charge >= 0.3 is 0 Å². The van der Waals surface area contributed by atoms with E-state index < -0.39 is 0 Å². The van der Waals surface area contributed by atoms with Gasteiger partial charge in [-0.15, -0.1) is 11.3 Å². The zero-order valence-corrected chi connectivity index (χ0v) is 15.0. The Balaban J connectivity index is 1.33. The van der Waals surface area contributed by atoms with Crippen LogP contribution in [0.25, 0.3) is 6.08 Å². The van der Waals surface area contributed by atoms with Crippen molar-refractivity contribution >= 4 is 23.3 Å². The van der Waals surface area contributed by atoms with Crippen molar-refractivity contribution in [2.75, 3.05) is 13.1 Å². The van der Waals surface area contributed by atoms with Gasteiger partial charge in [0.1, 0.15) is 6.10 Å². The van der Waals surface area contributed by atoms with Crippen molar-refractivity contribution in [3.63, 3.8) is 0 Å². The van der Waals surface area contributed by atoms with E-state index in [-0.39, 0.29) is 17.6 Å². The number of hydrogen-bond donors (Lipinski definition) is 0. The second-order valence-corrected chi connectivity index (χ2v) is 7.66. The maximum Gasteiger partial charge on any atom is 0.255 e. The number of nitrogens with zero attached hydrogens (tertiary/aromatic N) is 3. The molecule has 7 heteroatoms. The van der Waals surface area contributed by atoms with Crippen LogP contribution in [0.1, 0.15) is 48.4 Å². The molecule has 0 bridgehead atoms. The van der Waals surface area contributed by atoms with Crippen molar-refractivity contribution in [2.24, 2.45) is 0 Å². The van der Waals surface area contributed by atoms with Crippen LogP contribution in [-0.4, -0.2) is 39.6 Å². The van der Waals surface area contributed by atoms with E-state index >= 15 is 0 Å². The molecule has 2 fully saturated rings. The van der Waals surface area contributed by atoms with Gasteiger partial charge in [-0.05, 0) is 50.1 Å². The highest BCUT2D eigenvalue weighted by atomic mass is 32.1. The van der Waals surface area contributed by atoms with Crippen molar-refractivity contribution < 1.29 is 14.1 Å². The highest BCUT2D eigenvalue weighted by Crippen LogP contribution is 2.44. The quantitative estimate of drug-likeness (QED) is 0.786. The first-order chi connectivity index (χ1) is 12.1. The molecule has 6 nitrogen and oxygen atoms in total. The lowest BCUT2D eigenvalue weighted by atomic mass is 9.88. The average molecular weight is 359 g/mol. The van der Waals surface area contributed by atoms with Crippen molar-refractivity contribution in [2.45, 2.75) is 44.3 Å². The first-order valence-corrected chi connectivity index (χ1v) is 9.50. The van der Waals surface area contributed by atoms with Crippen LogP contribution in [0.5, 0.6) is 0 Å². The number of aromatic nitrogens is 2. The molecule has 2 aromatic rings. The summed E-state index contributed by atoms with van der Waals surface area (Å²) in [5.41, 5.74) is -0.152. The summed E-state index contributed by atoms with van der Waals surface area (Å²) in [5.74, 6) is 1.29. The molecule has 0 saturated carbocycles. The van der Waals surface area contributed by atoms with E-state index in [0.29, 0.717) is 11.7 Å². The van der Waals surface area contributed by atoms with Crippen LogP contribution in [0, 0.1) is 6.92 Å². The van der Waals surface area contributed by atoms with Gasteiger partial charge in [0.05, 0.1) is 5.60 Å². The SMILES string of the molecule is Cc1noc(C2CCC3(CCN(C(=O)/C=C/c4cccs4)CC3)O2)n1. The fraction of sp³-hybridized carbons (Fsp3) is 0.500. The molecular weight excluding hydrogens is 338 g/mol. The summed E-state index contributed by atoms with van der Waals surface area (Å²) in [6.45, 7) is 3.26. The van der Waals surface area contributed by atoms with E-state index in [1.165, 1.54) is 0 Å². The van der Waals surface area contributed by atoms with Crippen LogP contribution in [0.3, 0.4) is 0 Å². The van der Waals surface area contributed by atoms with Gasteiger partial charge in [-0.1, -0.05) is 11.2 Å². The highest BCUT2D eigenvalue weighted by molar-refractivity contribution is 7.10. The molecule has 1 unspecified atom stereocenters.